The molecular formula is C11H11N3O3. The minimum Gasteiger partial charge on any atom is -0.507 e. The lowest BCUT2D eigenvalue weighted by atomic mass is 10.2. The lowest BCUT2D eigenvalue weighted by molar-refractivity contribution is 0.102. The van der Waals surface area contributed by atoms with Gasteiger partial charge in [-0.05, 0) is 12.1 Å². The van der Waals surface area contributed by atoms with E-state index in [9.17, 15) is 9.90 Å². The second-order valence-corrected chi connectivity index (χ2v) is 3.32. The van der Waals surface area contributed by atoms with Crippen LogP contribution in [0.5, 0.6) is 11.5 Å². The van der Waals surface area contributed by atoms with Gasteiger partial charge in [0.1, 0.15) is 11.5 Å². The zero-order chi connectivity index (χ0) is 12.3. The Hall–Kier alpha value is -2.50. The fourth-order valence-electron chi connectivity index (χ4n) is 1.35. The Morgan fingerprint density at radius 3 is 2.94 bits per heavy atom. The maximum atomic E-state index is 11.8. The van der Waals surface area contributed by atoms with Crippen LogP contribution >= 0.6 is 0 Å². The van der Waals surface area contributed by atoms with Gasteiger partial charge in [0, 0.05) is 12.3 Å². The third-order valence-corrected chi connectivity index (χ3v) is 2.21. The molecule has 1 heterocycles. The summed E-state index contributed by atoms with van der Waals surface area (Å²) >= 11 is 0. The third-order valence-electron chi connectivity index (χ3n) is 2.21. The first-order valence-corrected chi connectivity index (χ1v) is 4.88. The van der Waals surface area contributed by atoms with E-state index >= 15 is 0 Å². The summed E-state index contributed by atoms with van der Waals surface area (Å²) in [6, 6.07) is 4.47. The minimum absolute atomic E-state index is 0.134. The second-order valence-electron chi connectivity index (χ2n) is 3.32. The monoisotopic (exact) mass is 233 g/mol. The summed E-state index contributed by atoms with van der Waals surface area (Å²) in [5, 5.41) is 18.5. The first-order chi connectivity index (χ1) is 8.20. The Morgan fingerprint density at radius 2 is 2.35 bits per heavy atom. The molecule has 1 aromatic heterocycles. The van der Waals surface area contributed by atoms with Crippen LogP contribution in [0.2, 0.25) is 0 Å². The molecule has 0 aliphatic carbocycles. The van der Waals surface area contributed by atoms with Crippen LogP contribution in [0.15, 0.2) is 30.6 Å². The lowest BCUT2D eigenvalue weighted by Crippen LogP contribution is -2.11. The number of carbonyl (C=O) groups excluding carboxylic acids is 1. The number of H-pyrrole nitrogens is 1. The molecule has 0 aliphatic rings. The molecular weight excluding hydrogens is 222 g/mol. The van der Waals surface area contributed by atoms with E-state index in [1.165, 1.54) is 25.4 Å². The van der Waals surface area contributed by atoms with Crippen molar-refractivity contribution in [3.05, 3.63) is 36.2 Å². The fraction of sp³-hybridized carbons (Fsp3) is 0.0909. The molecule has 6 nitrogen and oxygen atoms in total. The average molecular weight is 233 g/mol. The van der Waals surface area contributed by atoms with Gasteiger partial charge in [-0.25, -0.2) is 0 Å². The number of aromatic nitrogens is 2. The molecule has 0 fully saturated rings. The predicted molar refractivity (Wildman–Crippen MR) is 61.2 cm³/mol. The van der Waals surface area contributed by atoms with E-state index in [2.05, 4.69) is 15.5 Å². The molecule has 0 spiro atoms. The topological polar surface area (TPSA) is 87.2 Å². The molecule has 0 aliphatic heterocycles. The first-order valence-electron chi connectivity index (χ1n) is 4.88. The van der Waals surface area contributed by atoms with Crippen molar-refractivity contribution in [3.8, 4) is 11.5 Å². The highest BCUT2D eigenvalue weighted by Gasteiger charge is 2.12. The Kier molecular flexibility index (Phi) is 2.95. The predicted octanol–water partition coefficient (Wildman–Crippen LogP) is 1.38. The molecule has 3 N–H and O–H groups in total. The molecule has 1 amide bonds. The van der Waals surface area contributed by atoms with Crippen molar-refractivity contribution in [2.75, 3.05) is 12.4 Å². The molecule has 2 rings (SSSR count). The molecule has 0 atom stereocenters. The highest BCUT2D eigenvalue weighted by atomic mass is 16.5. The smallest absolute Gasteiger partial charge is 0.259 e. The van der Waals surface area contributed by atoms with Gasteiger partial charge in [-0.15, -0.1) is 0 Å². The summed E-state index contributed by atoms with van der Waals surface area (Å²) in [7, 11) is 1.49. The number of phenols is 1. The summed E-state index contributed by atoms with van der Waals surface area (Å²) in [6.45, 7) is 0. The SMILES string of the molecule is COc1ccc(C(=O)Nc2cn[nH]c2)c(O)c1. The number of phenolic OH excluding ortho intramolecular Hbond substituents is 1. The molecule has 17 heavy (non-hydrogen) atoms. The number of benzene rings is 1. The molecule has 0 bridgehead atoms. The highest BCUT2D eigenvalue weighted by Crippen LogP contribution is 2.24. The van der Waals surface area contributed by atoms with Gasteiger partial charge >= 0.3 is 0 Å². The number of aromatic amines is 1. The van der Waals surface area contributed by atoms with Crippen LogP contribution in [-0.2, 0) is 0 Å². The molecule has 0 radical (unpaired) electrons. The van der Waals surface area contributed by atoms with E-state index in [1.54, 1.807) is 12.3 Å². The number of hydrogen-bond acceptors (Lipinski definition) is 4. The number of aromatic hydroxyl groups is 1. The molecule has 0 saturated carbocycles. The van der Waals surface area contributed by atoms with Crippen molar-refractivity contribution in [3.63, 3.8) is 0 Å². The zero-order valence-corrected chi connectivity index (χ0v) is 9.10. The van der Waals surface area contributed by atoms with Crippen molar-refractivity contribution < 1.29 is 14.6 Å². The van der Waals surface area contributed by atoms with Gasteiger partial charge in [0.2, 0.25) is 0 Å². The highest BCUT2D eigenvalue weighted by molar-refractivity contribution is 6.06. The number of anilines is 1. The summed E-state index contributed by atoms with van der Waals surface area (Å²) in [5.41, 5.74) is 0.706. The number of hydrogen-bond donors (Lipinski definition) is 3. The van der Waals surface area contributed by atoms with Crippen LogP contribution in [0, 0.1) is 0 Å². The Balaban J connectivity index is 2.19. The minimum atomic E-state index is -0.411. The average Bonchev–Trinajstić information content (AvgIpc) is 2.81. The fourth-order valence-corrected chi connectivity index (χ4v) is 1.35. The van der Waals surface area contributed by atoms with Gasteiger partial charge in [0.25, 0.3) is 5.91 Å². The van der Waals surface area contributed by atoms with Crippen LogP contribution in [0.25, 0.3) is 0 Å². The quantitative estimate of drug-likeness (QED) is 0.747. The summed E-state index contributed by atoms with van der Waals surface area (Å²) < 4.78 is 4.93. The normalized spacial score (nSPS) is 9.94. The van der Waals surface area contributed by atoms with Gasteiger partial charge in [0.15, 0.2) is 0 Å². The number of amides is 1. The van der Waals surface area contributed by atoms with Crippen LogP contribution in [-0.4, -0.2) is 28.3 Å². The largest absolute Gasteiger partial charge is 0.507 e. The first kappa shape index (κ1) is 11.0. The molecule has 0 saturated heterocycles. The maximum absolute atomic E-state index is 11.8. The van der Waals surface area contributed by atoms with Crippen LogP contribution in [0.4, 0.5) is 5.69 Å². The van der Waals surface area contributed by atoms with Gasteiger partial charge in [-0.1, -0.05) is 0 Å². The van der Waals surface area contributed by atoms with Gasteiger partial charge in [0.05, 0.1) is 24.6 Å². The van der Waals surface area contributed by atoms with Crippen molar-refractivity contribution in [2.45, 2.75) is 0 Å². The van der Waals surface area contributed by atoms with E-state index < -0.39 is 5.91 Å². The van der Waals surface area contributed by atoms with Gasteiger partial charge in [-0.2, -0.15) is 5.10 Å². The second kappa shape index (κ2) is 4.56. The van der Waals surface area contributed by atoms with E-state index in [4.69, 9.17) is 4.74 Å². The zero-order valence-electron chi connectivity index (χ0n) is 9.10. The van der Waals surface area contributed by atoms with Crippen molar-refractivity contribution in [2.24, 2.45) is 0 Å². The standard InChI is InChI=1S/C11H11N3O3/c1-17-8-2-3-9(10(15)4-8)11(16)14-7-5-12-13-6-7/h2-6,15H,1H3,(H,12,13)(H,14,16). The van der Waals surface area contributed by atoms with Crippen LogP contribution in [0.1, 0.15) is 10.4 Å². The van der Waals surface area contributed by atoms with E-state index in [1.807, 2.05) is 0 Å². The Morgan fingerprint density at radius 1 is 1.53 bits per heavy atom. The molecule has 88 valence electrons. The maximum Gasteiger partial charge on any atom is 0.259 e. The summed E-state index contributed by atoms with van der Waals surface area (Å²) in [5.74, 6) is -0.0562. The van der Waals surface area contributed by atoms with Crippen molar-refractivity contribution in [1.82, 2.24) is 10.2 Å². The number of nitrogens with one attached hydrogen (secondary N) is 2. The van der Waals surface area contributed by atoms with E-state index in [-0.39, 0.29) is 11.3 Å². The van der Waals surface area contributed by atoms with Crippen LogP contribution < -0.4 is 10.1 Å². The number of nitrogens with zero attached hydrogens (tertiary/aromatic N) is 1. The molecule has 2 aromatic rings. The van der Waals surface area contributed by atoms with Crippen molar-refractivity contribution >= 4 is 11.6 Å². The number of carbonyl (C=O) groups is 1. The lowest BCUT2D eigenvalue weighted by Gasteiger charge is -2.06. The van der Waals surface area contributed by atoms with Crippen LogP contribution in [0.3, 0.4) is 0 Å². The molecule has 6 heteroatoms. The Bertz CT molecular complexity index is 523. The molecule has 0 unspecified atom stereocenters. The number of rotatable bonds is 3. The van der Waals surface area contributed by atoms with E-state index in [0.29, 0.717) is 11.4 Å². The Labute approximate surface area is 97.2 Å². The molecule has 1 aromatic carbocycles. The number of ether oxygens (including phenoxy) is 1. The van der Waals surface area contributed by atoms with Gasteiger partial charge in [-0.3, -0.25) is 9.89 Å². The van der Waals surface area contributed by atoms with Gasteiger partial charge < -0.3 is 15.2 Å². The number of methoxy groups -OCH3 is 1. The van der Waals surface area contributed by atoms with E-state index in [0.717, 1.165) is 0 Å². The summed E-state index contributed by atoms with van der Waals surface area (Å²) in [6.07, 6.45) is 3.01. The third kappa shape index (κ3) is 2.36. The van der Waals surface area contributed by atoms with Crippen molar-refractivity contribution in [1.29, 1.82) is 0 Å². The summed E-state index contributed by atoms with van der Waals surface area (Å²) in [4.78, 5) is 11.8.